The maximum Gasteiger partial charge on any atom is 0.453 e. The van der Waals surface area contributed by atoms with Gasteiger partial charge in [0.05, 0.1) is 27.6 Å². The second kappa shape index (κ2) is 8.99. The Kier molecular flexibility index (Phi) is 6.24. The lowest BCUT2D eigenvalue weighted by atomic mass is 10.2. The zero-order valence-electron chi connectivity index (χ0n) is 17.4. The molecule has 4 aromatic rings. The van der Waals surface area contributed by atoms with Crippen LogP contribution < -0.4 is 11.1 Å². The maximum absolute atomic E-state index is 13.0. The van der Waals surface area contributed by atoms with Crippen LogP contribution in [0.2, 0.25) is 10.0 Å². The molecular formula is C21H16Cl2F3N7O. The molecule has 0 unspecified atom stereocenters. The molecule has 0 aliphatic heterocycles. The van der Waals surface area contributed by atoms with E-state index in [4.69, 9.17) is 28.9 Å². The number of anilines is 2. The van der Waals surface area contributed by atoms with E-state index in [0.29, 0.717) is 27.1 Å². The van der Waals surface area contributed by atoms with Gasteiger partial charge in [0.15, 0.2) is 5.69 Å². The van der Waals surface area contributed by atoms with Crippen LogP contribution in [0.1, 0.15) is 29.1 Å². The summed E-state index contributed by atoms with van der Waals surface area (Å²) in [5.41, 5.74) is 6.98. The molecule has 8 nitrogen and oxygen atoms in total. The van der Waals surface area contributed by atoms with E-state index in [2.05, 4.69) is 20.5 Å². The molecule has 176 valence electrons. The van der Waals surface area contributed by atoms with Crippen LogP contribution in [-0.2, 0) is 12.6 Å². The van der Waals surface area contributed by atoms with E-state index in [1.165, 1.54) is 10.9 Å². The number of aryl methyl sites for hydroxylation is 1. The Balaban J connectivity index is 1.65. The summed E-state index contributed by atoms with van der Waals surface area (Å²) in [6, 6.07) is 11.3. The maximum atomic E-state index is 13.0. The number of rotatable bonds is 6. The van der Waals surface area contributed by atoms with Crippen molar-refractivity contribution in [1.29, 1.82) is 0 Å². The van der Waals surface area contributed by atoms with Gasteiger partial charge in [0, 0.05) is 12.1 Å². The summed E-state index contributed by atoms with van der Waals surface area (Å²) in [5, 5.41) is 11.4. The van der Waals surface area contributed by atoms with E-state index in [1.807, 2.05) is 0 Å². The molecule has 2 aromatic heterocycles. The third-order valence-corrected chi connectivity index (χ3v) is 5.36. The van der Waals surface area contributed by atoms with E-state index in [1.54, 1.807) is 49.4 Å². The van der Waals surface area contributed by atoms with Crippen LogP contribution >= 0.6 is 23.2 Å². The van der Waals surface area contributed by atoms with Gasteiger partial charge in [0.25, 0.3) is 11.7 Å². The highest BCUT2D eigenvalue weighted by Crippen LogP contribution is 2.31. The number of alkyl halides is 3. The number of nitrogens with zero attached hydrogens (tertiary/aromatic N) is 5. The second-order valence-electron chi connectivity index (χ2n) is 7.06. The fraction of sp³-hybridized carbons (Fsp3) is 0.143. The van der Waals surface area contributed by atoms with E-state index in [9.17, 15) is 18.0 Å². The molecule has 0 saturated heterocycles. The standard InChI is InChI=1S/C21H16Cl2F3N7O/c1-2-16-29-20(21(24,25)26)31-33(16)12-8-6-11(7-9-12)28-15-10-32(30-17(15)19(27)34)18-13(22)4-3-5-14(18)23/h3-10,28H,2H2,1H3,(H2,27,34). The number of amides is 1. The fourth-order valence-corrected chi connectivity index (χ4v) is 3.78. The van der Waals surface area contributed by atoms with E-state index in [0.717, 1.165) is 4.68 Å². The molecule has 0 saturated carbocycles. The predicted octanol–water partition coefficient (Wildman–Crippen LogP) is 5.18. The van der Waals surface area contributed by atoms with Gasteiger partial charge >= 0.3 is 6.18 Å². The molecule has 2 heterocycles. The summed E-state index contributed by atoms with van der Waals surface area (Å²) in [7, 11) is 0. The molecule has 0 bridgehead atoms. The van der Waals surface area contributed by atoms with Crippen LogP contribution in [0.5, 0.6) is 0 Å². The van der Waals surface area contributed by atoms with Gasteiger partial charge in [-0.25, -0.2) is 14.3 Å². The second-order valence-corrected chi connectivity index (χ2v) is 7.87. The Morgan fingerprint density at radius 1 is 1.09 bits per heavy atom. The summed E-state index contributed by atoms with van der Waals surface area (Å²) in [4.78, 5) is 15.5. The van der Waals surface area contributed by atoms with Gasteiger partial charge in [-0.3, -0.25) is 4.79 Å². The molecule has 0 atom stereocenters. The van der Waals surface area contributed by atoms with E-state index in [-0.39, 0.29) is 23.6 Å². The predicted molar refractivity (Wildman–Crippen MR) is 121 cm³/mol. The summed E-state index contributed by atoms with van der Waals surface area (Å²) < 4.78 is 41.5. The zero-order chi connectivity index (χ0) is 24.6. The van der Waals surface area contributed by atoms with E-state index >= 15 is 0 Å². The highest BCUT2D eigenvalue weighted by Gasteiger charge is 2.37. The van der Waals surface area contributed by atoms with E-state index < -0.39 is 17.9 Å². The lowest BCUT2D eigenvalue weighted by Crippen LogP contribution is -2.14. The van der Waals surface area contributed by atoms with Crippen LogP contribution in [-0.4, -0.2) is 30.5 Å². The van der Waals surface area contributed by atoms with Crippen molar-refractivity contribution >= 4 is 40.5 Å². The van der Waals surface area contributed by atoms with Gasteiger partial charge in [-0.15, -0.1) is 5.10 Å². The van der Waals surface area contributed by atoms with Gasteiger partial charge in [-0.05, 0) is 36.4 Å². The lowest BCUT2D eigenvalue weighted by Gasteiger charge is -2.08. The first-order chi connectivity index (χ1) is 16.1. The quantitative estimate of drug-likeness (QED) is 0.372. The van der Waals surface area contributed by atoms with Gasteiger partial charge in [0.1, 0.15) is 11.5 Å². The third kappa shape index (κ3) is 4.57. The number of benzene rings is 2. The molecule has 0 radical (unpaired) electrons. The van der Waals surface area contributed by atoms with Crippen molar-refractivity contribution in [2.75, 3.05) is 5.32 Å². The number of hydrogen-bond donors (Lipinski definition) is 2. The normalized spacial score (nSPS) is 11.6. The van der Waals surface area contributed by atoms with Crippen molar-refractivity contribution in [2.45, 2.75) is 19.5 Å². The fourth-order valence-electron chi connectivity index (χ4n) is 3.21. The number of halogens is 5. The monoisotopic (exact) mass is 509 g/mol. The van der Waals surface area contributed by atoms with Crippen LogP contribution in [0.15, 0.2) is 48.7 Å². The third-order valence-electron chi connectivity index (χ3n) is 4.75. The number of nitrogens with one attached hydrogen (secondary N) is 1. The number of nitrogens with two attached hydrogens (primary N) is 1. The number of para-hydroxylation sites is 1. The molecule has 3 N–H and O–H groups in total. The van der Waals surface area contributed by atoms with Crippen LogP contribution in [0.4, 0.5) is 24.5 Å². The van der Waals surface area contributed by atoms with Crippen molar-refractivity contribution < 1.29 is 18.0 Å². The minimum atomic E-state index is -4.65. The van der Waals surface area contributed by atoms with Crippen molar-refractivity contribution in [3.8, 4) is 11.4 Å². The Bertz CT molecular complexity index is 1340. The molecule has 2 aromatic carbocycles. The average molecular weight is 510 g/mol. The molecule has 34 heavy (non-hydrogen) atoms. The number of aromatic nitrogens is 5. The largest absolute Gasteiger partial charge is 0.453 e. The first-order valence-corrected chi connectivity index (χ1v) is 10.6. The number of carbonyl (C=O) groups is 1. The van der Waals surface area contributed by atoms with Crippen molar-refractivity contribution in [2.24, 2.45) is 5.73 Å². The zero-order valence-corrected chi connectivity index (χ0v) is 18.9. The molecular weight excluding hydrogens is 494 g/mol. The molecule has 0 aliphatic carbocycles. The SMILES string of the molecule is CCc1nc(C(F)(F)F)nn1-c1ccc(Nc2cn(-c3c(Cl)cccc3Cl)nc2C(N)=O)cc1. The lowest BCUT2D eigenvalue weighted by molar-refractivity contribution is -0.144. The molecule has 1 amide bonds. The Hall–Kier alpha value is -3.57. The number of hydrogen-bond acceptors (Lipinski definition) is 5. The molecule has 0 aliphatic rings. The molecule has 0 spiro atoms. The van der Waals surface area contributed by atoms with Gasteiger partial charge in [-0.1, -0.05) is 36.2 Å². The summed E-state index contributed by atoms with van der Waals surface area (Å²) in [6.07, 6.45) is -2.88. The van der Waals surface area contributed by atoms with Gasteiger partial charge < -0.3 is 11.1 Å². The van der Waals surface area contributed by atoms with Crippen molar-refractivity contribution in [1.82, 2.24) is 24.5 Å². The summed E-state index contributed by atoms with van der Waals surface area (Å²) in [5.74, 6) is -1.82. The Morgan fingerprint density at radius 2 is 1.74 bits per heavy atom. The minimum absolute atomic E-state index is 0.0561. The van der Waals surface area contributed by atoms with Crippen molar-refractivity contribution in [3.63, 3.8) is 0 Å². The molecule has 13 heteroatoms. The van der Waals surface area contributed by atoms with Gasteiger partial charge in [-0.2, -0.15) is 18.3 Å². The average Bonchev–Trinajstić information content (AvgIpc) is 3.39. The molecule has 4 rings (SSSR count). The van der Waals surface area contributed by atoms with Crippen LogP contribution in [0.25, 0.3) is 11.4 Å². The highest BCUT2D eigenvalue weighted by atomic mass is 35.5. The highest BCUT2D eigenvalue weighted by molar-refractivity contribution is 6.37. The number of carbonyl (C=O) groups excluding carboxylic acids is 1. The minimum Gasteiger partial charge on any atom is -0.364 e. The number of primary amides is 1. The van der Waals surface area contributed by atoms with Crippen LogP contribution in [0, 0.1) is 0 Å². The van der Waals surface area contributed by atoms with Crippen LogP contribution in [0.3, 0.4) is 0 Å². The Morgan fingerprint density at radius 3 is 2.29 bits per heavy atom. The first kappa shape index (κ1) is 23.6. The Labute approximate surface area is 201 Å². The summed E-state index contributed by atoms with van der Waals surface area (Å²) in [6.45, 7) is 1.69. The van der Waals surface area contributed by atoms with Crippen molar-refractivity contribution in [3.05, 3.63) is 76.0 Å². The van der Waals surface area contributed by atoms with Gasteiger partial charge in [0.2, 0.25) is 0 Å². The first-order valence-electron chi connectivity index (χ1n) is 9.83. The molecule has 0 fully saturated rings. The smallest absolute Gasteiger partial charge is 0.364 e. The summed E-state index contributed by atoms with van der Waals surface area (Å²) >= 11 is 12.5. The topological polar surface area (TPSA) is 104 Å².